The van der Waals surface area contributed by atoms with Crippen molar-refractivity contribution < 1.29 is 29.2 Å². The smallest absolute Gasteiger partial charge is 0.217 e. The monoisotopic (exact) mass is 309 g/mol. The predicted molar refractivity (Wildman–Crippen MR) is 74.5 cm³/mol. The van der Waals surface area contributed by atoms with E-state index >= 15 is 0 Å². The molecular formula is C15H19NO6. The second-order valence-corrected chi connectivity index (χ2v) is 5.46. The van der Waals surface area contributed by atoms with E-state index in [0.717, 1.165) is 5.56 Å². The summed E-state index contributed by atoms with van der Waals surface area (Å²) in [5, 5.41) is 22.8. The van der Waals surface area contributed by atoms with E-state index in [0.29, 0.717) is 0 Å². The summed E-state index contributed by atoms with van der Waals surface area (Å²) >= 11 is 0. The van der Waals surface area contributed by atoms with Gasteiger partial charge in [0, 0.05) is 12.5 Å². The summed E-state index contributed by atoms with van der Waals surface area (Å²) in [4.78, 5) is 11.2. The molecule has 2 aliphatic heterocycles. The number of ether oxygens (including phenoxy) is 3. The Morgan fingerprint density at radius 2 is 1.95 bits per heavy atom. The van der Waals surface area contributed by atoms with Crippen molar-refractivity contribution in [3.63, 3.8) is 0 Å². The molecule has 3 N–H and O–H groups in total. The highest BCUT2D eigenvalue weighted by Gasteiger charge is 2.49. The Morgan fingerprint density at radius 3 is 2.64 bits per heavy atom. The molecule has 1 amide bonds. The number of benzene rings is 1. The van der Waals surface area contributed by atoms with Gasteiger partial charge in [-0.25, -0.2) is 0 Å². The van der Waals surface area contributed by atoms with Crippen LogP contribution >= 0.6 is 0 Å². The van der Waals surface area contributed by atoms with Crippen molar-refractivity contribution in [3.8, 4) is 0 Å². The van der Waals surface area contributed by atoms with Crippen molar-refractivity contribution in [1.29, 1.82) is 0 Å². The number of rotatable bonds is 2. The number of hydrogen-bond donors (Lipinski definition) is 3. The van der Waals surface area contributed by atoms with Crippen LogP contribution in [0.15, 0.2) is 30.3 Å². The van der Waals surface area contributed by atoms with Gasteiger partial charge in [0.25, 0.3) is 0 Å². The molecule has 0 bridgehead atoms. The molecule has 6 atom stereocenters. The molecule has 3 rings (SSSR count). The highest BCUT2D eigenvalue weighted by molar-refractivity contribution is 5.73. The highest BCUT2D eigenvalue weighted by atomic mass is 16.7. The molecule has 2 aliphatic rings. The molecule has 2 saturated heterocycles. The number of aliphatic hydroxyl groups excluding tert-OH is 2. The lowest BCUT2D eigenvalue weighted by Gasteiger charge is -2.46. The lowest BCUT2D eigenvalue weighted by atomic mass is 9.96. The van der Waals surface area contributed by atoms with Crippen LogP contribution in [-0.4, -0.2) is 53.4 Å². The molecule has 1 aromatic rings. The van der Waals surface area contributed by atoms with Crippen LogP contribution in [0.1, 0.15) is 18.8 Å². The Hall–Kier alpha value is -1.51. The minimum Gasteiger partial charge on any atom is -0.388 e. The van der Waals surface area contributed by atoms with E-state index in [1.54, 1.807) is 0 Å². The third kappa shape index (κ3) is 2.99. The Labute approximate surface area is 127 Å². The average molecular weight is 309 g/mol. The lowest BCUT2D eigenvalue weighted by Crippen LogP contribution is -2.66. The Balaban J connectivity index is 1.75. The van der Waals surface area contributed by atoms with E-state index in [1.807, 2.05) is 30.3 Å². The van der Waals surface area contributed by atoms with Crippen molar-refractivity contribution in [2.24, 2.45) is 0 Å². The molecule has 1 aromatic carbocycles. The zero-order chi connectivity index (χ0) is 15.7. The Morgan fingerprint density at radius 1 is 1.23 bits per heavy atom. The molecule has 2 fully saturated rings. The first-order valence-corrected chi connectivity index (χ1v) is 7.17. The molecule has 120 valence electrons. The average Bonchev–Trinajstić information content (AvgIpc) is 2.52. The summed E-state index contributed by atoms with van der Waals surface area (Å²) < 4.78 is 16.8. The highest BCUT2D eigenvalue weighted by Crippen LogP contribution is 2.33. The molecule has 22 heavy (non-hydrogen) atoms. The van der Waals surface area contributed by atoms with Crippen LogP contribution in [0.4, 0.5) is 0 Å². The number of carbonyl (C=O) groups is 1. The summed E-state index contributed by atoms with van der Waals surface area (Å²) in [5.74, 6) is -0.364. The molecule has 7 nitrogen and oxygen atoms in total. The van der Waals surface area contributed by atoms with E-state index in [1.165, 1.54) is 6.92 Å². The topological polar surface area (TPSA) is 97.3 Å². The van der Waals surface area contributed by atoms with Crippen LogP contribution < -0.4 is 5.32 Å². The van der Waals surface area contributed by atoms with Crippen molar-refractivity contribution in [2.45, 2.75) is 43.9 Å². The van der Waals surface area contributed by atoms with Gasteiger partial charge in [-0.2, -0.15) is 0 Å². The fourth-order valence-electron chi connectivity index (χ4n) is 2.78. The van der Waals surface area contributed by atoms with E-state index in [9.17, 15) is 15.0 Å². The first-order valence-electron chi connectivity index (χ1n) is 7.17. The van der Waals surface area contributed by atoms with E-state index < -0.39 is 36.9 Å². The van der Waals surface area contributed by atoms with Crippen LogP contribution in [0.3, 0.4) is 0 Å². The first kappa shape index (κ1) is 15.4. The quantitative estimate of drug-likeness (QED) is 0.693. The summed E-state index contributed by atoms with van der Waals surface area (Å²) in [6.07, 6.45) is -4.29. The van der Waals surface area contributed by atoms with Gasteiger partial charge in [0.1, 0.15) is 24.4 Å². The second-order valence-electron chi connectivity index (χ2n) is 5.46. The number of nitrogens with one attached hydrogen (secondary N) is 1. The molecule has 0 unspecified atom stereocenters. The normalized spacial score (nSPS) is 38.1. The zero-order valence-corrected chi connectivity index (χ0v) is 12.1. The van der Waals surface area contributed by atoms with Gasteiger partial charge in [-0.1, -0.05) is 30.3 Å². The fraction of sp³-hybridized carbons (Fsp3) is 0.533. The van der Waals surface area contributed by atoms with Crippen molar-refractivity contribution in [3.05, 3.63) is 35.9 Å². The van der Waals surface area contributed by atoms with Crippen LogP contribution in [0.25, 0.3) is 0 Å². The second kappa shape index (κ2) is 6.31. The van der Waals surface area contributed by atoms with Crippen LogP contribution in [0, 0.1) is 0 Å². The minimum atomic E-state index is -1.30. The first-order chi connectivity index (χ1) is 10.6. The number of carbonyl (C=O) groups excluding carboxylic acids is 1. The van der Waals surface area contributed by atoms with E-state index in [2.05, 4.69) is 5.32 Å². The van der Waals surface area contributed by atoms with Gasteiger partial charge in [-0.15, -0.1) is 0 Å². The molecule has 0 saturated carbocycles. The van der Waals surface area contributed by atoms with E-state index in [4.69, 9.17) is 14.2 Å². The minimum absolute atomic E-state index is 0.186. The third-order valence-electron chi connectivity index (χ3n) is 3.83. The maximum Gasteiger partial charge on any atom is 0.217 e. The standard InChI is InChI=1S/C15H19NO6/c1-8(17)16-11-12(18)13-10(21-14(11)19)7-20-15(22-13)9-5-3-2-4-6-9/h2-6,10-15,18-19H,7H2,1H3,(H,16,17)/t10-,11+,12+,13-,14-,15+/m0/s1. The number of fused-ring (bicyclic) bond motifs is 1. The third-order valence-corrected chi connectivity index (χ3v) is 3.83. The summed E-state index contributed by atoms with van der Waals surface area (Å²) in [5.41, 5.74) is 0.829. The Kier molecular flexibility index (Phi) is 4.42. The van der Waals surface area contributed by atoms with Gasteiger partial charge in [0.05, 0.1) is 6.61 Å². The van der Waals surface area contributed by atoms with Gasteiger partial charge in [-0.05, 0) is 0 Å². The summed E-state index contributed by atoms with van der Waals surface area (Å²) in [6, 6.07) is 8.41. The molecule has 0 radical (unpaired) electrons. The van der Waals surface area contributed by atoms with Crippen LogP contribution in [0.2, 0.25) is 0 Å². The molecule has 7 heteroatoms. The van der Waals surface area contributed by atoms with Gasteiger partial charge in [0.2, 0.25) is 5.91 Å². The van der Waals surface area contributed by atoms with Crippen LogP contribution in [-0.2, 0) is 19.0 Å². The van der Waals surface area contributed by atoms with Crippen LogP contribution in [0.5, 0.6) is 0 Å². The molecular weight excluding hydrogens is 290 g/mol. The molecule has 0 aliphatic carbocycles. The number of amides is 1. The Bertz CT molecular complexity index is 524. The maximum atomic E-state index is 11.2. The van der Waals surface area contributed by atoms with Gasteiger partial charge >= 0.3 is 0 Å². The maximum absolute atomic E-state index is 11.2. The SMILES string of the molecule is CC(=O)N[C@@H]1[C@@H](O)[C@H]2O[C@H](c3ccccc3)OC[C@@H]2O[C@@H]1O. The fourth-order valence-corrected chi connectivity index (χ4v) is 2.78. The van der Waals surface area contributed by atoms with Gasteiger partial charge in [0.15, 0.2) is 12.6 Å². The predicted octanol–water partition coefficient (Wildman–Crippen LogP) is -0.317. The largest absolute Gasteiger partial charge is 0.388 e. The zero-order valence-electron chi connectivity index (χ0n) is 12.1. The van der Waals surface area contributed by atoms with Gasteiger partial charge in [-0.3, -0.25) is 4.79 Å². The van der Waals surface area contributed by atoms with Gasteiger partial charge < -0.3 is 29.7 Å². The molecule has 2 heterocycles. The lowest BCUT2D eigenvalue weighted by molar-refractivity contribution is -0.337. The number of hydrogen-bond acceptors (Lipinski definition) is 6. The summed E-state index contributed by atoms with van der Waals surface area (Å²) in [7, 11) is 0. The summed E-state index contributed by atoms with van der Waals surface area (Å²) in [6.45, 7) is 1.49. The van der Waals surface area contributed by atoms with Crippen molar-refractivity contribution >= 4 is 5.91 Å². The van der Waals surface area contributed by atoms with Crippen molar-refractivity contribution in [2.75, 3.05) is 6.61 Å². The molecule has 0 spiro atoms. The van der Waals surface area contributed by atoms with Crippen molar-refractivity contribution in [1.82, 2.24) is 5.32 Å². The number of aliphatic hydroxyl groups is 2. The molecule has 0 aromatic heterocycles. The van der Waals surface area contributed by atoms with E-state index in [-0.39, 0.29) is 12.5 Å².